The Hall–Kier alpha value is -1.72. The Morgan fingerprint density at radius 3 is 2.63 bits per heavy atom. The van der Waals surface area contributed by atoms with Crippen LogP contribution in [0.25, 0.3) is 0 Å². The summed E-state index contributed by atoms with van der Waals surface area (Å²) in [5.74, 6) is 5.43. The molecule has 0 fully saturated rings. The summed E-state index contributed by atoms with van der Waals surface area (Å²) in [4.78, 5) is 0. The van der Waals surface area contributed by atoms with Crippen LogP contribution in [0.3, 0.4) is 0 Å². The average Bonchev–Trinajstić information content (AvgIpc) is 2.79. The van der Waals surface area contributed by atoms with E-state index in [1.54, 1.807) is 16.8 Å². The van der Waals surface area contributed by atoms with Gasteiger partial charge in [-0.1, -0.05) is 19.1 Å². The maximum Gasteiger partial charge on any atom is 0.123 e. The number of nitrogens with one attached hydrogen (secondary N) is 1. The highest BCUT2D eigenvalue weighted by Crippen LogP contribution is 2.21. The van der Waals surface area contributed by atoms with Crippen molar-refractivity contribution in [3.05, 3.63) is 53.1 Å². The molecule has 0 aliphatic carbocycles. The molecule has 0 radical (unpaired) electrons. The number of aromatic nitrogens is 2. The zero-order valence-electron chi connectivity index (χ0n) is 11.2. The lowest BCUT2D eigenvalue weighted by molar-refractivity contribution is 0.546. The highest BCUT2D eigenvalue weighted by atomic mass is 19.1. The SMILES string of the molecule is CCc1nn(C)cc1C(Cc1ccc(F)cc1)NN. The maximum atomic E-state index is 12.9. The van der Waals surface area contributed by atoms with Gasteiger partial charge >= 0.3 is 0 Å². The van der Waals surface area contributed by atoms with E-state index in [1.165, 1.54) is 12.1 Å². The molecule has 1 unspecified atom stereocenters. The Bertz CT molecular complexity index is 533. The fourth-order valence-electron chi connectivity index (χ4n) is 2.23. The summed E-state index contributed by atoms with van der Waals surface area (Å²) in [5.41, 5.74) is 5.99. The van der Waals surface area contributed by atoms with E-state index in [-0.39, 0.29) is 11.9 Å². The van der Waals surface area contributed by atoms with Crippen molar-refractivity contribution < 1.29 is 4.39 Å². The molecule has 19 heavy (non-hydrogen) atoms. The first-order valence-electron chi connectivity index (χ1n) is 6.37. The molecule has 0 saturated carbocycles. The summed E-state index contributed by atoms with van der Waals surface area (Å²) in [6.45, 7) is 2.07. The van der Waals surface area contributed by atoms with E-state index in [2.05, 4.69) is 17.4 Å². The lowest BCUT2D eigenvalue weighted by atomic mass is 9.99. The van der Waals surface area contributed by atoms with Crippen LogP contribution in [0, 0.1) is 5.82 Å². The molecule has 2 aromatic rings. The number of hydrazine groups is 1. The predicted molar refractivity (Wildman–Crippen MR) is 72.8 cm³/mol. The Morgan fingerprint density at radius 2 is 2.05 bits per heavy atom. The largest absolute Gasteiger partial charge is 0.275 e. The van der Waals surface area contributed by atoms with E-state index in [0.717, 1.165) is 23.2 Å². The van der Waals surface area contributed by atoms with E-state index in [1.807, 2.05) is 13.2 Å². The molecule has 1 heterocycles. The first-order chi connectivity index (χ1) is 9.13. The van der Waals surface area contributed by atoms with Gasteiger partial charge in [0.25, 0.3) is 0 Å². The van der Waals surface area contributed by atoms with Crippen LogP contribution in [0.1, 0.15) is 29.8 Å². The molecule has 0 bridgehead atoms. The van der Waals surface area contributed by atoms with E-state index < -0.39 is 0 Å². The van der Waals surface area contributed by atoms with E-state index in [4.69, 9.17) is 5.84 Å². The monoisotopic (exact) mass is 262 g/mol. The molecule has 0 saturated heterocycles. The van der Waals surface area contributed by atoms with Gasteiger partial charge in [-0.05, 0) is 30.5 Å². The number of halogens is 1. The van der Waals surface area contributed by atoms with Crippen molar-refractivity contribution in [3.63, 3.8) is 0 Å². The summed E-state index contributed by atoms with van der Waals surface area (Å²) in [6.07, 6.45) is 3.54. The topological polar surface area (TPSA) is 55.9 Å². The number of aryl methyl sites for hydroxylation is 2. The van der Waals surface area contributed by atoms with Crippen LogP contribution in [-0.4, -0.2) is 9.78 Å². The second-order valence-corrected chi connectivity index (χ2v) is 4.61. The average molecular weight is 262 g/mol. The number of hydrogen-bond donors (Lipinski definition) is 2. The van der Waals surface area contributed by atoms with Gasteiger partial charge in [0.15, 0.2) is 0 Å². The quantitative estimate of drug-likeness (QED) is 0.639. The summed E-state index contributed by atoms with van der Waals surface area (Å²) >= 11 is 0. The minimum Gasteiger partial charge on any atom is -0.275 e. The molecule has 1 atom stereocenters. The molecule has 1 aromatic carbocycles. The molecule has 5 heteroatoms. The van der Waals surface area contributed by atoms with Gasteiger partial charge < -0.3 is 0 Å². The fraction of sp³-hybridized carbons (Fsp3) is 0.357. The van der Waals surface area contributed by atoms with Crippen LogP contribution in [0.15, 0.2) is 30.5 Å². The standard InChI is InChI=1S/C14H19FN4/c1-3-13-12(9-19(2)18-13)14(17-16)8-10-4-6-11(15)7-5-10/h4-7,9,14,17H,3,8,16H2,1-2H3. The number of rotatable bonds is 5. The lowest BCUT2D eigenvalue weighted by Crippen LogP contribution is -2.30. The predicted octanol–water partition coefficient (Wildman–Crippen LogP) is 1.87. The molecule has 0 aliphatic rings. The van der Waals surface area contributed by atoms with Gasteiger partial charge in [0.2, 0.25) is 0 Å². The zero-order chi connectivity index (χ0) is 13.8. The van der Waals surface area contributed by atoms with Crippen molar-refractivity contribution in [3.8, 4) is 0 Å². The highest BCUT2D eigenvalue weighted by Gasteiger charge is 2.17. The molecule has 2 rings (SSSR count). The first-order valence-corrected chi connectivity index (χ1v) is 6.37. The second-order valence-electron chi connectivity index (χ2n) is 4.61. The van der Waals surface area contributed by atoms with Crippen LogP contribution < -0.4 is 11.3 Å². The van der Waals surface area contributed by atoms with Gasteiger partial charge in [-0.3, -0.25) is 16.0 Å². The van der Waals surface area contributed by atoms with Crippen LogP contribution in [0.4, 0.5) is 4.39 Å². The van der Waals surface area contributed by atoms with Crippen molar-refractivity contribution in [2.75, 3.05) is 0 Å². The molecular weight excluding hydrogens is 243 g/mol. The molecule has 4 nitrogen and oxygen atoms in total. The van der Waals surface area contributed by atoms with E-state index in [0.29, 0.717) is 6.42 Å². The van der Waals surface area contributed by atoms with Crippen LogP contribution >= 0.6 is 0 Å². The molecule has 1 aromatic heterocycles. The number of nitrogens with zero attached hydrogens (tertiary/aromatic N) is 2. The smallest absolute Gasteiger partial charge is 0.123 e. The van der Waals surface area contributed by atoms with E-state index in [9.17, 15) is 4.39 Å². The van der Waals surface area contributed by atoms with Gasteiger partial charge in [-0.15, -0.1) is 0 Å². The summed E-state index contributed by atoms with van der Waals surface area (Å²) in [6, 6.07) is 6.47. The van der Waals surface area contributed by atoms with Gasteiger partial charge in [0.05, 0.1) is 11.7 Å². The molecule has 0 spiro atoms. The van der Waals surface area contributed by atoms with Crippen molar-refractivity contribution in [1.82, 2.24) is 15.2 Å². The van der Waals surface area contributed by atoms with Gasteiger partial charge in [-0.25, -0.2) is 4.39 Å². The third kappa shape index (κ3) is 3.19. The third-order valence-electron chi connectivity index (χ3n) is 3.20. The van der Waals surface area contributed by atoms with Gasteiger partial charge in [0.1, 0.15) is 5.82 Å². The highest BCUT2D eigenvalue weighted by molar-refractivity contribution is 5.25. The minimum atomic E-state index is -0.225. The Morgan fingerprint density at radius 1 is 1.37 bits per heavy atom. The van der Waals surface area contributed by atoms with Gasteiger partial charge in [-0.2, -0.15) is 5.10 Å². The second kappa shape index (κ2) is 5.95. The fourth-order valence-corrected chi connectivity index (χ4v) is 2.23. The van der Waals surface area contributed by atoms with Crippen molar-refractivity contribution >= 4 is 0 Å². The van der Waals surface area contributed by atoms with Gasteiger partial charge in [0, 0.05) is 18.8 Å². The van der Waals surface area contributed by atoms with Crippen molar-refractivity contribution in [2.45, 2.75) is 25.8 Å². The Kier molecular flexibility index (Phi) is 4.29. The third-order valence-corrected chi connectivity index (χ3v) is 3.20. The maximum absolute atomic E-state index is 12.9. The van der Waals surface area contributed by atoms with E-state index >= 15 is 0 Å². The Labute approximate surface area is 112 Å². The van der Waals surface area contributed by atoms with Crippen LogP contribution in [-0.2, 0) is 19.9 Å². The van der Waals surface area contributed by atoms with Crippen molar-refractivity contribution in [2.24, 2.45) is 12.9 Å². The summed E-state index contributed by atoms with van der Waals surface area (Å²) in [5, 5.41) is 4.41. The summed E-state index contributed by atoms with van der Waals surface area (Å²) < 4.78 is 14.7. The van der Waals surface area contributed by atoms with Crippen molar-refractivity contribution in [1.29, 1.82) is 0 Å². The number of benzene rings is 1. The molecule has 102 valence electrons. The molecule has 3 N–H and O–H groups in total. The Balaban J connectivity index is 2.22. The molecule has 0 aliphatic heterocycles. The first kappa shape index (κ1) is 13.7. The summed E-state index contributed by atoms with van der Waals surface area (Å²) in [7, 11) is 1.90. The van der Waals surface area contributed by atoms with Crippen LogP contribution in [0.2, 0.25) is 0 Å². The van der Waals surface area contributed by atoms with Crippen LogP contribution in [0.5, 0.6) is 0 Å². The zero-order valence-corrected chi connectivity index (χ0v) is 11.2. The number of hydrogen-bond acceptors (Lipinski definition) is 3. The lowest BCUT2D eigenvalue weighted by Gasteiger charge is -2.15. The normalized spacial score (nSPS) is 12.6. The molecular formula is C14H19FN4. The molecule has 0 amide bonds. The minimum absolute atomic E-state index is 0.0193. The number of nitrogens with two attached hydrogens (primary N) is 1.